The molecule has 3 aromatic rings. The van der Waals surface area contributed by atoms with Crippen molar-refractivity contribution in [2.45, 2.75) is 18.1 Å². The van der Waals surface area contributed by atoms with E-state index in [4.69, 9.17) is 9.15 Å². The first-order valence-electron chi connectivity index (χ1n) is 10.4. The Morgan fingerprint density at radius 2 is 1.47 bits per heavy atom. The summed E-state index contributed by atoms with van der Waals surface area (Å²) in [5.74, 6) is -0.395. The fourth-order valence-electron chi connectivity index (χ4n) is 4.11. The highest BCUT2D eigenvalue weighted by atomic mass is 32.2. The number of benzene rings is 2. The van der Waals surface area contributed by atoms with Crippen LogP contribution >= 0.6 is 0 Å². The molecule has 1 aromatic heterocycles. The van der Waals surface area contributed by atoms with Crippen molar-refractivity contribution >= 4 is 16.0 Å². The van der Waals surface area contributed by atoms with Gasteiger partial charge in [0, 0.05) is 32.2 Å². The van der Waals surface area contributed by atoms with Crippen molar-refractivity contribution in [3.05, 3.63) is 89.2 Å². The molecular weight excluding hydrogens is 428 g/mol. The number of carbonyl (C=O) groups excluding carboxylic acids is 1. The maximum absolute atomic E-state index is 13.1. The van der Waals surface area contributed by atoms with Gasteiger partial charge in [0.05, 0.1) is 13.2 Å². The van der Waals surface area contributed by atoms with E-state index in [2.05, 4.69) is 29.2 Å². The van der Waals surface area contributed by atoms with Gasteiger partial charge >= 0.3 is 5.97 Å². The summed E-state index contributed by atoms with van der Waals surface area (Å²) in [6, 6.07) is 21.7. The zero-order valence-corrected chi connectivity index (χ0v) is 18.9. The van der Waals surface area contributed by atoms with Gasteiger partial charge in [-0.1, -0.05) is 60.7 Å². The van der Waals surface area contributed by atoms with Crippen molar-refractivity contribution < 1.29 is 22.4 Å². The highest BCUT2D eigenvalue weighted by molar-refractivity contribution is 7.89. The molecule has 4 rings (SSSR count). The molecular formula is C24H26N2O5S. The minimum Gasteiger partial charge on any atom is -0.465 e. The normalized spacial score (nSPS) is 15.7. The molecule has 8 heteroatoms. The average molecular weight is 455 g/mol. The first-order chi connectivity index (χ1) is 15.4. The van der Waals surface area contributed by atoms with E-state index in [0.29, 0.717) is 26.2 Å². The number of rotatable bonds is 6. The van der Waals surface area contributed by atoms with Gasteiger partial charge in [-0.2, -0.15) is 4.31 Å². The predicted molar refractivity (Wildman–Crippen MR) is 120 cm³/mol. The van der Waals surface area contributed by atoms with Gasteiger partial charge in [0.25, 0.3) is 10.0 Å². The molecule has 32 heavy (non-hydrogen) atoms. The topological polar surface area (TPSA) is 80.1 Å². The molecule has 0 aliphatic carbocycles. The van der Waals surface area contributed by atoms with Crippen LogP contribution in [-0.4, -0.2) is 56.9 Å². The lowest BCUT2D eigenvalue weighted by Crippen LogP contribution is -2.49. The lowest BCUT2D eigenvalue weighted by atomic mass is 9.96. The SMILES string of the molecule is COC(=O)c1cc(S(=O)(=O)N2CCN(C(c3ccccc3)c3ccccc3)CC2)oc1C. The van der Waals surface area contributed by atoms with Gasteiger partial charge in [-0.25, -0.2) is 13.2 Å². The highest BCUT2D eigenvalue weighted by Gasteiger charge is 2.35. The summed E-state index contributed by atoms with van der Waals surface area (Å²) in [5, 5.41) is -0.230. The largest absolute Gasteiger partial charge is 0.465 e. The molecule has 0 amide bonds. The van der Waals surface area contributed by atoms with E-state index in [1.807, 2.05) is 36.4 Å². The summed E-state index contributed by atoms with van der Waals surface area (Å²) in [4.78, 5) is 14.1. The smallest absolute Gasteiger partial charge is 0.341 e. The van der Waals surface area contributed by atoms with Crippen molar-refractivity contribution in [1.29, 1.82) is 0 Å². The van der Waals surface area contributed by atoms with Crippen LogP contribution in [0, 0.1) is 6.92 Å². The molecule has 0 saturated carbocycles. The molecule has 0 atom stereocenters. The molecule has 1 fully saturated rings. The average Bonchev–Trinajstić information content (AvgIpc) is 3.23. The van der Waals surface area contributed by atoms with Gasteiger partial charge < -0.3 is 9.15 Å². The number of furan rings is 1. The van der Waals surface area contributed by atoms with Crippen LogP contribution in [0.15, 0.2) is 76.2 Å². The summed E-state index contributed by atoms with van der Waals surface area (Å²) in [6.07, 6.45) is 0. The lowest BCUT2D eigenvalue weighted by Gasteiger charge is -2.39. The van der Waals surface area contributed by atoms with E-state index in [1.54, 1.807) is 6.92 Å². The number of sulfonamides is 1. The first-order valence-corrected chi connectivity index (χ1v) is 11.9. The van der Waals surface area contributed by atoms with Gasteiger partial charge in [-0.3, -0.25) is 4.90 Å². The molecule has 168 valence electrons. The number of hydrogen-bond acceptors (Lipinski definition) is 6. The standard InChI is InChI=1S/C24H26N2O5S/c1-18-21(24(27)30-2)17-22(31-18)32(28,29)26-15-13-25(14-16-26)23(19-9-5-3-6-10-19)20-11-7-4-8-12-20/h3-12,17,23H,13-16H2,1-2H3. The Balaban J connectivity index is 1.54. The monoisotopic (exact) mass is 454 g/mol. The Morgan fingerprint density at radius 1 is 0.938 bits per heavy atom. The Labute approximate surface area is 188 Å². The Kier molecular flexibility index (Phi) is 6.45. The minimum absolute atomic E-state index is 0.0408. The van der Waals surface area contributed by atoms with Crippen LogP contribution in [0.2, 0.25) is 0 Å². The number of nitrogens with zero attached hydrogens (tertiary/aromatic N) is 2. The van der Waals surface area contributed by atoms with Gasteiger partial charge in [0.2, 0.25) is 5.09 Å². The zero-order chi connectivity index (χ0) is 22.7. The van der Waals surface area contributed by atoms with E-state index >= 15 is 0 Å². The number of carbonyl (C=O) groups is 1. The number of ether oxygens (including phenoxy) is 1. The maximum atomic E-state index is 13.1. The summed E-state index contributed by atoms with van der Waals surface area (Å²) >= 11 is 0. The van der Waals surface area contributed by atoms with Crippen molar-refractivity contribution in [3.8, 4) is 0 Å². The van der Waals surface area contributed by atoms with Crippen molar-refractivity contribution in [2.75, 3.05) is 33.3 Å². The van der Waals surface area contributed by atoms with E-state index in [-0.39, 0.29) is 22.5 Å². The highest BCUT2D eigenvalue weighted by Crippen LogP contribution is 2.31. The van der Waals surface area contributed by atoms with Crippen LogP contribution in [0.25, 0.3) is 0 Å². The zero-order valence-electron chi connectivity index (χ0n) is 18.1. The second-order valence-corrected chi connectivity index (χ2v) is 9.56. The first kappa shape index (κ1) is 22.3. The van der Waals surface area contributed by atoms with Crippen LogP contribution in [0.4, 0.5) is 0 Å². The fraction of sp³-hybridized carbons (Fsp3) is 0.292. The van der Waals surface area contributed by atoms with Crippen molar-refractivity contribution in [3.63, 3.8) is 0 Å². The molecule has 0 spiro atoms. The second kappa shape index (κ2) is 9.28. The number of piperazine rings is 1. The van der Waals surface area contributed by atoms with Crippen LogP contribution < -0.4 is 0 Å². The van der Waals surface area contributed by atoms with Gasteiger partial charge in [0.15, 0.2) is 0 Å². The number of methoxy groups -OCH3 is 1. The fourth-order valence-corrected chi connectivity index (χ4v) is 5.50. The van der Waals surface area contributed by atoms with Gasteiger partial charge in [-0.05, 0) is 18.1 Å². The third kappa shape index (κ3) is 4.34. The molecule has 2 aromatic carbocycles. The molecule has 0 bridgehead atoms. The summed E-state index contributed by atoms with van der Waals surface area (Å²) in [6.45, 7) is 3.33. The molecule has 0 N–H and O–H groups in total. The van der Waals surface area contributed by atoms with Crippen LogP contribution in [0.5, 0.6) is 0 Å². The van der Waals surface area contributed by atoms with E-state index < -0.39 is 16.0 Å². The molecule has 0 unspecified atom stereocenters. The molecule has 1 aliphatic heterocycles. The maximum Gasteiger partial charge on any atom is 0.341 e. The molecule has 7 nitrogen and oxygen atoms in total. The summed E-state index contributed by atoms with van der Waals surface area (Å²) in [7, 11) is -2.60. The number of esters is 1. The quantitative estimate of drug-likeness (QED) is 0.531. The predicted octanol–water partition coefficient (Wildman–Crippen LogP) is 3.47. The van der Waals surface area contributed by atoms with Crippen LogP contribution in [0.3, 0.4) is 0 Å². The van der Waals surface area contributed by atoms with Crippen molar-refractivity contribution in [2.24, 2.45) is 0 Å². The van der Waals surface area contributed by atoms with Crippen LogP contribution in [0.1, 0.15) is 33.3 Å². The number of hydrogen-bond donors (Lipinski definition) is 0. The molecule has 1 saturated heterocycles. The van der Waals surface area contributed by atoms with Gasteiger partial charge in [-0.15, -0.1) is 0 Å². The Morgan fingerprint density at radius 3 is 1.97 bits per heavy atom. The summed E-state index contributed by atoms with van der Waals surface area (Å²) < 4.78 is 37.8. The Bertz CT molecular complexity index is 1130. The molecule has 2 heterocycles. The third-order valence-corrected chi connectivity index (χ3v) is 7.52. The van der Waals surface area contributed by atoms with E-state index in [9.17, 15) is 13.2 Å². The van der Waals surface area contributed by atoms with Crippen LogP contribution in [-0.2, 0) is 14.8 Å². The van der Waals surface area contributed by atoms with E-state index in [0.717, 1.165) is 0 Å². The minimum atomic E-state index is -3.85. The number of aryl methyl sites for hydroxylation is 1. The van der Waals surface area contributed by atoms with E-state index in [1.165, 1.54) is 28.6 Å². The molecule has 0 radical (unpaired) electrons. The molecule has 1 aliphatic rings. The lowest BCUT2D eigenvalue weighted by molar-refractivity contribution is 0.0598. The second-order valence-electron chi connectivity index (χ2n) is 7.69. The van der Waals surface area contributed by atoms with Gasteiger partial charge in [0.1, 0.15) is 11.3 Å². The summed E-state index contributed by atoms with van der Waals surface area (Å²) in [5.41, 5.74) is 2.46. The third-order valence-electron chi connectivity index (χ3n) is 5.76. The Hall–Kier alpha value is -2.94. The van der Waals surface area contributed by atoms with Crippen molar-refractivity contribution in [1.82, 2.24) is 9.21 Å².